The van der Waals surface area contributed by atoms with Gasteiger partial charge in [0.15, 0.2) is 0 Å². The third kappa shape index (κ3) is 6.13. The summed E-state index contributed by atoms with van der Waals surface area (Å²) in [5.74, 6) is 1.15. The van der Waals surface area contributed by atoms with Crippen LogP contribution in [0.4, 0.5) is 0 Å². The molecule has 2 aromatic heterocycles. The SMILES string of the molecule is CCCC(C)c1ccccc1-c1cc(-n2c3ccccc3c3c(C4=c5c(n(-c6ccc(C7CCC7)c(-c7ccccc7C)c6)c6ccccc56)=CCC4)cccc32)ccc1C. The molecular weight excluding hydrogens is 737 g/mol. The molecule has 9 aromatic rings. The Bertz CT molecular complexity index is 3290. The monoisotopic (exact) mass is 790 g/mol. The van der Waals surface area contributed by atoms with Crippen molar-refractivity contribution in [3.05, 3.63) is 190 Å². The predicted molar refractivity (Wildman–Crippen MR) is 260 cm³/mol. The van der Waals surface area contributed by atoms with E-state index in [1.54, 1.807) is 0 Å². The van der Waals surface area contributed by atoms with Gasteiger partial charge in [0.25, 0.3) is 0 Å². The van der Waals surface area contributed by atoms with E-state index >= 15 is 0 Å². The van der Waals surface area contributed by atoms with Crippen LogP contribution in [0.3, 0.4) is 0 Å². The molecule has 0 spiro atoms. The van der Waals surface area contributed by atoms with Crippen molar-refractivity contribution < 1.29 is 0 Å². The number of aryl methyl sites for hydroxylation is 2. The number of fused-ring (bicyclic) bond motifs is 6. The average molecular weight is 791 g/mol. The van der Waals surface area contributed by atoms with Gasteiger partial charge in [-0.1, -0.05) is 142 Å². The van der Waals surface area contributed by atoms with E-state index in [1.165, 1.54) is 142 Å². The molecule has 0 saturated heterocycles. The van der Waals surface area contributed by atoms with E-state index in [-0.39, 0.29) is 0 Å². The van der Waals surface area contributed by atoms with Gasteiger partial charge in [-0.2, -0.15) is 0 Å². The van der Waals surface area contributed by atoms with E-state index in [0.717, 1.165) is 12.8 Å². The highest BCUT2D eigenvalue weighted by Gasteiger charge is 2.26. The smallest absolute Gasteiger partial charge is 0.0547 e. The average Bonchev–Trinajstić information content (AvgIpc) is 3.80. The first-order valence-corrected chi connectivity index (χ1v) is 22.8. The molecule has 11 rings (SSSR count). The van der Waals surface area contributed by atoms with Crippen LogP contribution in [0, 0.1) is 13.8 Å². The maximum Gasteiger partial charge on any atom is 0.0547 e. The Hall–Kier alpha value is -6.38. The standard InChI is InChI=1S/C59H54N2/c1-5-17-38(2)44-21-8-9-23-47(44)52-36-42(33-32-40(52)4)60-54-28-12-10-24-50(54)58-48(26-15-30-56(58)60)49-27-16-31-57-59(49)51-25-11-13-29-55(51)61(57)43-34-35-46(41-19-14-20-41)53(37-43)45-22-7-6-18-39(45)3/h6-13,15,18,21-26,28-38,41H,5,14,16-17,19-20,27H2,1-4H3. The second-order valence-electron chi connectivity index (χ2n) is 17.9. The lowest BCUT2D eigenvalue weighted by Crippen LogP contribution is -2.33. The predicted octanol–water partition coefficient (Wildman–Crippen LogP) is 14.6. The summed E-state index contributed by atoms with van der Waals surface area (Å²) in [5, 5.41) is 6.65. The number of benzene rings is 7. The fourth-order valence-electron chi connectivity index (χ4n) is 11.0. The Morgan fingerprint density at radius 1 is 0.574 bits per heavy atom. The second kappa shape index (κ2) is 15.3. The molecule has 2 aliphatic carbocycles. The topological polar surface area (TPSA) is 9.86 Å². The van der Waals surface area contributed by atoms with Gasteiger partial charge in [-0.15, -0.1) is 0 Å². The molecule has 2 heterocycles. The van der Waals surface area contributed by atoms with Crippen LogP contribution in [0.25, 0.3) is 78.0 Å². The van der Waals surface area contributed by atoms with Gasteiger partial charge in [-0.05, 0) is 156 Å². The quantitative estimate of drug-likeness (QED) is 0.138. The number of rotatable bonds is 9. The van der Waals surface area contributed by atoms with Crippen LogP contribution >= 0.6 is 0 Å². The summed E-state index contributed by atoms with van der Waals surface area (Å²) >= 11 is 0. The van der Waals surface area contributed by atoms with Crippen LogP contribution in [-0.2, 0) is 0 Å². The Morgan fingerprint density at radius 2 is 1.21 bits per heavy atom. The summed E-state index contributed by atoms with van der Waals surface area (Å²) in [5.41, 5.74) is 20.0. The molecular formula is C59H54N2. The van der Waals surface area contributed by atoms with Crippen LogP contribution < -0.4 is 10.6 Å². The molecule has 61 heavy (non-hydrogen) atoms. The van der Waals surface area contributed by atoms with E-state index in [2.05, 4.69) is 195 Å². The number of nitrogens with zero attached hydrogens (tertiary/aromatic N) is 2. The largest absolute Gasteiger partial charge is 0.310 e. The Morgan fingerprint density at radius 3 is 2.00 bits per heavy atom. The Kier molecular flexibility index (Phi) is 9.41. The van der Waals surface area contributed by atoms with Crippen molar-refractivity contribution in [1.82, 2.24) is 9.13 Å². The van der Waals surface area contributed by atoms with Gasteiger partial charge in [-0.3, -0.25) is 0 Å². The number of hydrogen-bond acceptors (Lipinski definition) is 0. The van der Waals surface area contributed by atoms with Crippen LogP contribution in [-0.4, -0.2) is 9.13 Å². The van der Waals surface area contributed by atoms with Gasteiger partial charge in [0.2, 0.25) is 0 Å². The van der Waals surface area contributed by atoms with Crippen molar-refractivity contribution in [3.8, 4) is 33.6 Å². The van der Waals surface area contributed by atoms with E-state index in [4.69, 9.17) is 0 Å². The highest BCUT2D eigenvalue weighted by Crippen LogP contribution is 2.44. The van der Waals surface area contributed by atoms with Gasteiger partial charge >= 0.3 is 0 Å². The highest BCUT2D eigenvalue weighted by molar-refractivity contribution is 6.14. The van der Waals surface area contributed by atoms with Crippen LogP contribution in [0.2, 0.25) is 0 Å². The van der Waals surface area contributed by atoms with Crippen LogP contribution in [0.1, 0.15) is 98.4 Å². The van der Waals surface area contributed by atoms with Crippen molar-refractivity contribution in [2.24, 2.45) is 0 Å². The highest BCUT2D eigenvalue weighted by atomic mass is 15.0. The number of hydrogen-bond donors (Lipinski definition) is 0. The van der Waals surface area contributed by atoms with Gasteiger partial charge < -0.3 is 9.13 Å². The first-order chi connectivity index (χ1) is 30.0. The first-order valence-electron chi connectivity index (χ1n) is 22.8. The molecule has 7 aromatic carbocycles. The fourth-order valence-corrected chi connectivity index (χ4v) is 11.0. The zero-order chi connectivity index (χ0) is 41.2. The van der Waals surface area contributed by atoms with E-state index in [9.17, 15) is 0 Å². The summed E-state index contributed by atoms with van der Waals surface area (Å²) in [6.07, 6.45) is 10.8. The minimum atomic E-state index is 0.502. The summed E-state index contributed by atoms with van der Waals surface area (Å²) < 4.78 is 5.08. The minimum absolute atomic E-state index is 0.502. The second-order valence-corrected chi connectivity index (χ2v) is 17.9. The number of aromatic nitrogens is 2. The molecule has 0 N–H and O–H groups in total. The zero-order valence-electron chi connectivity index (χ0n) is 36.0. The first kappa shape index (κ1) is 37.6. The summed E-state index contributed by atoms with van der Waals surface area (Å²) in [6, 6.07) is 57.7. The normalized spacial score (nSPS) is 14.7. The minimum Gasteiger partial charge on any atom is -0.310 e. The number of para-hydroxylation sites is 2. The van der Waals surface area contributed by atoms with Gasteiger partial charge in [0, 0.05) is 32.8 Å². The Labute approximate surface area is 360 Å². The van der Waals surface area contributed by atoms with Gasteiger partial charge in [0.05, 0.1) is 21.9 Å². The maximum absolute atomic E-state index is 2.56. The fraction of sp³-hybridized carbons (Fsp3) is 0.220. The van der Waals surface area contributed by atoms with Crippen molar-refractivity contribution in [2.45, 2.75) is 84.5 Å². The van der Waals surface area contributed by atoms with E-state index < -0.39 is 0 Å². The molecule has 300 valence electrons. The third-order valence-electron chi connectivity index (χ3n) is 14.2. The van der Waals surface area contributed by atoms with Crippen LogP contribution in [0.5, 0.6) is 0 Å². The molecule has 1 saturated carbocycles. The lowest BCUT2D eigenvalue weighted by Gasteiger charge is -2.29. The zero-order valence-corrected chi connectivity index (χ0v) is 36.0. The lowest BCUT2D eigenvalue weighted by atomic mass is 9.76. The molecule has 2 nitrogen and oxygen atoms in total. The van der Waals surface area contributed by atoms with Crippen molar-refractivity contribution in [1.29, 1.82) is 0 Å². The van der Waals surface area contributed by atoms with E-state index in [0.29, 0.717) is 11.8 Å². The summed E-state index contributed by atoms with van der Waals surface area (Å²) in [6.45, 7) is 9.20. The molecule has 2 aliphatic rings. The van der Waals surface area contributed by atoms with E-state index in [1.807, 2.05) is 0 Å². The molecule has 0 bridgehead atoms. The lowest BCUT2D eigenvalue weighted by molar-refractivity contribution is 0.420. The molecule has 0 radical (unpaired) electrons. The molecule has 0 aliphatic heterocycles. The van der Waals surface area contributed by atoms with Crippen molar-refractivity contribution >= 4 is 44.4 Å². The molecule has 1 atom stereocenters. The van der Waals surface area contributed by atoms with Crippen LogP contribution in [0.15, 0.2) is 152 Å². The van der Waals surface area contributed by atoms with Crippen molar-refractivity contribution in [2.75, 3.05) is 0 Å². The molecule has 1 unspecified atom stereocenters. The summed E-state index contributed by atoms with van der Waals surface area (Å²) in [4.78, 5) is 0. The molecule has 0 amide bonds. The van der Waals surface area contributed by atoms with Gasteiger partial charge in [-0.25, -0.2) is 0 Å². The third-order valence-corrected chi connectivity index (χ3v) is 14.2. The Balaban J connectivity index is 1.14. The van der Waals surface area contributed by atoms with Crippen molar-refractivity contribution in [3.63, 3.8) is 0 Å². The molecule has 1 fully saturated rings. The molecule has 2 heteroatoms. The maximum atomic E-state index is 2.56. The summed E-state index contributed by atoms with van der Waals surface area (Å²) in [7, 11) is 0. The van der Waals surface area contributed by atoms with Gasteiger partial charge in [0.1, 0.15) is 0 Å².